The van der Waals surface area contributed by atoms with Crippen LogP contribution < -0.4 is 5.32 Å². The Kier molecular flexibility index (Phi) is 4.41. The summed E-state index contributed by atoms with van der Waals surface area (Å²) in [7, 11) is 0. The topological polar surface area (TPSA) is 35.8 Å². The summed E-state index contributed by atoms with van der Waals surface area (Å²) in [5, 5.41) is 11.0. The molecular weight excluding hydrogens is 332 g/mol. The fraction of sp³-hybridized carbons (Fsp3) is 0.300. The molecule has 0 aromatic heterocycles. The van der Waals surface area contributed by atoms with E-state index in [1.54, 1.807) is 24.3 Å². The molecule has 0 saturated carbocycles. The molecule has 2 nitrogen and oxygen atoms in total. The van der Waals surface area contributed by atoms with Crippen LogP contribution in [0.3, 0.4) is 0 Å². The van der Waals surface area contributed by atoms with Crippen LogP contribution in [0, 0.1) is 20.8 Å². The van der Waals surface area contributed by atoms with Crippen LogP contribution in [0.1, 0.15) is 0 Å². The quantitative estimate of drug-likeness (QED) is 0.856. The highest BCUT2D eigenvalue weighted by Crippen LogP contribution is 2.25. The van der Waals surface area contributed by atoms with E-state index in [2.05, 4.69) is 27.9 Å². The standard InChI is InChI=1S/C10H8F3IN2/c11-10(12,13)7(5-15)6-16-9-3-1-8(14)2-4-9/h1-4,7,16H,6H2. The highest BCUT2D eigenvalue weighted by atomic mass is 127. The number of alkyl halides is 3. The maximum absolute atomic E-state index is 12.2. The highest BCUT2D eigenvalue weighted by molar-refractivity contribution is 14.1. The summed E-state index contributed by atoms with van der Waals surface area (Å²) in [6, 6.07) is 8.13. The maximum Gasteiger partial charge on any atom is 0.406 e. The first kappa shape index (κ1) is 13.1. The number of nitrogens with one attached hydrogen (secondary N) is 1. The third kappa shape index (κ3) is 3.89. The van der Waals surface area contributed by atoms with Gasteiger partial charge < -0.3 is 5.32 Å². The number of halogens is 4. The summed E-state index contributed by atoms with van der Waals surface area (Å²) in [4.78, 5) is 0. The minimum Gasteiger partial charge on any atom is -0.383 e. The molecule has 1 unspecified atom stereocenters. The van der Waals surface area contributed by atoms with Crippen molar-refractivity contribution in [3.63, 3.8) is 0 Å². The van der Waals surface area contributed by atoms with Gasteiger partial charge in [-0.25, -0.2) is 0 Å². The van der Waals surface area contributed by atoms with Gasteiger partial charge in [0.1, 0.15) is 0 Å². The number of nitrogens with zero attached hydrogens (tertiary/aromatic N) is 1. The zero-order valence-corrected chi connectivity index (χ0v) is 10.2. The molecule has 16 heavy (non-hydrogen) atoms. The molecular formula is C10H8F3IN2. The molecule has 0 fully saturated rings. The van der Waals surface area contributed by atoms with Crippen molar-refractivity contribution in [3.8, 4) is 6.07 Å². The fourth-order valence-corrected chi connectivity index (χ4v) is 1.38. The van der Waals surface area contributed by atoms with Crippen molar-refractivity contribution in [3.05, 3.63) is 27.8 Å². The Morgan fingerprint density at radius 1 is 1.31 bits per heavy atom. The Bertz CT molecular complexity index is 381. The van der Waals surface area contributed by atoms with Crippen LogP contribution in [-0.2, 0) is 0 Å². The number of anilines is 1. The summed E-state index contributed by atoms with van der Waals surface area (Å²) in [6.07, 6.45) is -4.48. The second-order valence-electron chi connectivity index (χ2n) is 3.11. The fourth-order valence-electron chi connectivity index (χ4n) is 1.02. The van der Waals surface area contributed by atoms with Gasteiger partial charge in [0, 0.05) is 15.8 Å². The summed E-state index contributed by atoms with van der Waals surface area (Å²) in [5.41, 5.74) is 0.574. The lowest BCUT2D eigenvalue weighted by Gasteiger charge is -2.14. The van der Waals surface area contributed by atoms with Crippen molar-refractivity contribution in [2.45, 2.75) is 6.18 Å². The lowest BCUT2D eigenvalue weighted by atomic mass is 10.1. The molecule has 6 heteroatoms. The molecule has 1 rings (SSSR count). The van der Waals surface area contributed by atoms with Gasteiger partial charge in [0.05, 0.1) is 6.07 Å². The van der Waals surface area contributed by atoms with Crippen LogP contribution in [0.4, 0.5) is 18.9 Å². The first-order chi connectivity index (χ1) is 7.43. The zero-order valence-electron chi connectivity index (χ0n) is 8.05. The van der Waals surface area contributed by atoms with Crippen molar-refractivity contribution < 1.29 is 13.2 Å². The minimum absolute atomic E-state index is 0.430. The Morgan fingerprint density at radius 3 is 2.31 bits per heavy atom. The molecule has 86 valence electrons. The SMILES string of the molecule is N#CC(CNc1ccc(I)cc1)C(F)(F)F. The van der Waals surface area contributed by atoms with Gasteiger partial charge in [-0.3, -0.25) is 0 Å². The smallest absolute Gasteiger partial charge is 0.383 e. The third-order valence-electron chi connectivity index (χ3n) is 1.91. The maximum atomic E-state index is 12.2. The Balaban J connectivity index is 2.57. The van der Waals surface area contributed by atoms with Crippen LogP contribution in [0.5, 0.6) is 0 Å². The summed E-state index contributed by atoms with van der Waals surface area (Å²) < 4.78 is 37.7. The van der Waals surface area contributed by atoms with Crippen molar-refractivity contribution in [2.75, 3.05) is 11.9 Å². The Morgan fingerprint density at radius 2 is 1.88 bits per heavy atom. The average molecular weight is 340 g/mol. The second kappa shape index (κ2) is 5.39. The molecule has 0 spiro atoms. The molecule has 0 heterocycles. The van der Waals surface area contributed by atoms with E-state index in [1.165, 1.54) is 6.07 Å². The van der Waals surface area contributed by atoms with Gasteiger partial charge in [-0.1, -0.05) is 0 Å². The van der Waals surface area contributed by atoms with Gasteiger partial charge in [0.25, 0.3) is 0 Å². The largest absolute Gasteiger partial charge is 0.406 e. The second-order valence-corrected chi connectivity index (χ2v) is 4.36. The van der Waals surface area contributed by atoms with Crippen LogP contribution in [0.15, 0.2) is 24.3 Å². The molecule has 0 aliphatic carbocycles. The third-order valence-corrected chi connectivity index (χ3v) is 2.62. The molecule has 1 atom stereocenters. The van der Waals surface area contributed by atoms with Gasteiger partial charge >= 0.3 is 6.18 Å². The van der Waals surface area contributed by atoms with Gasteiger partial charge in [0.15, 0.2) is 5.92 Å². The number of rotatable bonds is 3. The minimum atomic E-state index is -4.48. The van der Waals surface area contributed by atoms with Gasteiger partial charge in [-0.15, -0.1) is 0 Å². The summed E-state index contributed by atoms with van der Waals surface area (Å²) in [5.74, 6) is -1.98. The summed E-state index contributed by atoms with van der Waals surface area (Å²) in [6.45, 7) is -0.430. The van der Waals surface area contributed by atoms with Crippen molar-refractivity contribution >= 4 is 28.3 Å². The van der Waals surface area contributed by atoms with Gasteiger partial charge in [-0.05, 0) is 46.9 Å². The van der Waals surface area contributed by atoms with E-state index >= 15 is 0 Å². The van der Waals surface area contributed by atoms with Gasteiger partial charge in [0.2, 0.25) is 0 Å². The predicted molar refractivity (Wildman–Crippen MR) is 62.8 cm³/mol. The highest BCUT2D eigenvalue weighted by Gasteiger charge is 2.39. The van der Waals surface area contributed by atoms with Gasteiger partial charge in [-0.2, -0.15) is 18.4 Å². The van der Waals surface area contributed by atoms with E-state index < -0.39 is 18.6 Å². The Labute approximate surface area is 105 Å². The number of benzene rings is 1. The van der Waals surface area contributed by atoms with E-state index in [0.717, 1.165) is 3.57 Å². The van der Waals surface area contributed by atoms with Crippen LogP contribution in [0.2, 0.25) is 0 Å². The lowest BCUT2D eigenvalue weighted by molar-refractivity contribution is -0.155. The molecule has 1 aromatic carbocycles. The molecule has 0 saturated heterocycles. The Hall–Kier alpha value is -0.970. The van der Waals surface area contributed by atoms with E-state index in [0.29, 0.717) is 5.69 Å². The van der Waals surface area contributed by atoms with E-state index in [-0.39, 0.29) is 0 Å². The molecule has 1 N–H and O–H groups in total. The van der Waals surface area contributed by atoms with E-state index in [1.807, 2.05) is 0 Å². The van der Waals surface area contributed by atoms with Crippen LogP contribution >= 0.6 is 22.6 Å². The first-order valence-electron chi connectivity index (χ1n) is 4.39. The lowest BCUT2D eigenvalue weighted by Crippen LogP contribution is -2.28. The molecule has 0 radical (unpaired) electrons. The molecule has 1 aromatic rings. The predicted octanol–water partition coefficient (Wildman–Crippen LogP) is 3.41. The van der Waals surface area contributed by atoms with Crippen LogP contribution in [-0.4, -0.2) is 12.7 Å². The monoisotopic (exact) mass is 340 g/mol. The number of hydrogen-bond donors (Lipinski definition) is 1. The van der Waals surface area contributed by atoms with E-state index in [4.69, 9.17) is 5.26 Å². The van der Waals surface area contributed by atoms with Crippen molar-refractivity contribution in [1.82, 2.24) is 0 Å². The van der Waals surface area contributed by atoms with Crippen LogP contribution in [0.25, 0.3) is 0 Å². The number of nitriles is 1. The molecule has 0 aliphatic rings. The average Bonchev–Trinajstić information content (AvgIpc) is 2.19. The number of hydrogen-bond acceptors (Lipinski definition) is 2. The molecule has 0 aliphatic heterocycles. The first-order valence-corrected chi connectivity index (χ1v) is 5.47. The van der Waals surface area contributed by atoms with Crippen molar-refractivity contribution in [2.24, 2.45) is 5.92 Å². The molecule has 0 amide bonds. The normalized spacial score (nSPS) is 12.9. The van der Waals surface area contributed by atoms with E-state index in [9.17, 15) is 13.2 Å². The zero-order chi connectivity index (χ0) is 12.2. The van der Waals surface area contributed by atoms with Crippen molar-refractivity contribution in [1.29, 1.82) is 5.26 Å². The summed E-state index contributed by atoms with van der Waals surface area (Å²) >= 11 is 2.10. The molecule has 0 bridgehead atoms.